The highest BCUT2D eigenvalue weighted by atomic mass is 16.2. The Morgan fingerprint density at radius 3 is 2.27 bits per heavy atom. The summed E-state index contributed by atoms with van der Waals surface area (Å²) >= 11 is 0. The van der Waals surface area contributed by atoms with Crippen LogP contribution in [0.5, 0.6) is 0 Å². The number of aromatic nitrogens is 4. The van der Waals surface area contributed by atoms with Crippen molar-refractivity contribution in [3.63, 3.8) is 0 Å². The van der Waals surface area contributed by atoms with Crippen LogP contribution in [0.2, 0.25) is 0 Å². The van der Waals surface area contributed by atoms with Crippen LogP contribution in [0.1, 0.15) is 97.3 Å². The van der Waals surface area contributed by atoms with E-state index in [2.05, 4.69) is 53.5 Å². The largest absolute Gasteiger partial charge is 0.371 e. The fourth-order valence-corrected chi connectivity index (χ4v) is 9.13. The summed E-state index contributed by atoms with van der Waals surface area (Å²) in [4.78, 5) is 71.5. The molecule has 1 aliphatic carbocycles. The molecule has 1 aromatic carbocycles. The molecule has 4 aromatic rings. The van der Waals surface area contributed by atoms with Crippen molar-refractivity contribution in [1.82, 2.24) is 34.6 Å². The monoisotopic (exact) mass is 745 g/mol. The Hall–Kier alpha value is -5.01. The summed E-state index contributed by atoms with van der Waals surface area (Å²) in [5, 5.41) is 6.42. The number of benzene rings is 1. The first-order valence-corrected chi connectivity index (χ1v) is 20.0. The number of piperidine rings is 2. The van der Waals surface area contributed by atoms with Gasteiger partial charge in [-0.2, -0.15) is 4.98 Å². The second-order valence-corrected chi connectivity index (χ2v) is 15.7. The Kier molecular flexibility index (Phi) is 10.7. The van der Waals surface area contributed by atoms with Crippen molar-refractivity contribution in [2.75, 3.05) is 56.0 Å². The average Bonchev–Trinajstić information content (AvgIpc) is 3.73. The lowest BCUT2D eigenvalue weighted by Crippen LogP contribution is -2.53. The van der Waals surface area contributed by atoms with Gasteiger partial charge in [0.15, 0.2) is 5.78 Å². The number of rotatable bonds is 10. The molecule has 4 aliphatic rings. The van der Waals surface area contributed by atoms with E-state index in [-0.39, 0.29) is 40.7 Å². The third-order valence-electron chi connectivity index (χ3n) is 12.3. The van der Waals surface area contributed by atoms with Gasteiger partial charge in [0.25, 0.3) is 5.56 Å². The van der Waals surface area contributed by atoms with E-state index in [0.29, 0.717) is 41.9 Å². The van der Waals surface area contributed by atoms with Crippen LogP contribution in [0.25, 0.3) is 11.0 Å². The highest BCUT2D eigenvalue weighted by molar-refractivity contribution is 6.01. The standard InChI is InChI=1S/C42H51N9O4/c1-27-35-26-44-42(47-39(35)51(33-5-3-4-6-33)41(55)38(27)28(2)52)45-36-13-7-29(25-43-36)15-18-48-21-23-50(24-22-48)32-16-19-49(20-17-32)31-10-8-30(9-11-31)34-12-14-37(53)46-40(34)54/h7-11,13,25-26,32-34H,3-6,12,14-24H2,1-2H3,(H,46,53,54)(H,43,44,45,47). The number of imide groups is 1. The Labute approximate surface area is 321 Å². The van der Waals surface area contributed by atoms with Crippen molar-refractivity contribution < 1.29 is 14.4 Å². The van der Waals surface area contributed by atoms with Crippen molar-refractivity contribution in [3.8, 4) is 0 Å². The number of nitrogens with one attached hydrogen (secondary N) is 2. The highest BCUT2D eigenvalue weighted by Gasteiger charge is 2.30. The van der Waals surface area contributed by atoms with Gasteiger partial charge in [0.2, 0.25) is 17.8 Å². The van der Waals surface area contributed by atoms with E-state index < -0.39 is 0 Å². The van der Waals surface area contributed by atoms with Crippen LogP contribution in [0, 0.1) is 6.92 Å². The van der Waals surface area contributed by atoms with E-state index >= 15 is 0 Å². The normalized spacial score (nSPS) is 20.6. The second kappa shape index (κ2) is 16.0. The van der Waals surface area contributed by atoms with Crippen LogP contribution in [0.15, 0.2) is 53.6 Å². The summed E-state index contributed by atoms with van der Waals surface area (Å²) in [5.41, 5.74) is 4.52. The van der Waals surface area contributed by atoms with Crippen LogP contribution in [0.3, 0.4) is 0 Å². The predicted molar refractivity (Wildman–Crippen MR) is 212 cm³/mol. The fraction of sp³-hybridized carbons (Fsp3) is 0.500. The Bertz CT molecular complexity index is 2110. The number of amides is 2. The minimum atomic E-state index is -0.257. The van der Waals surface area contributed by atoms with Gasteiger partial charge in [0, 0.05) is 87.8 Å². The minimum absolute atomic E-state index is 0.0294. The minimum Gasteiger partial charge on any atom is -0.371 e. The lowest BCUT2D eigenvalue weighted by Gasteiger charge is -2.43. The van der Waals surface area contributed by atoms with E-state index in [1.165, 1.54) is 18.2 Å². The van der Waals surface area contributed by atoms with Crippen molar-refractivity contribution in [3.05, 3.63) is 81.4 Å². The summed E-state index contributed by atoms with van der Waals surface area (Å²) in [6, 6.07) is 13.0. The molecule has 55 heavy (non-hydrogen) atoms. The number of anilines is 3. The fourth-order valence-electron chi connectivity index (χ4n) is 9.13. The van der Waals surface area contributed by atoms with Crippen LogP contribution < -0.4 is 21.1 Å². The van der Waals surface area contributed by atoms with Gasteiger partial charge in [0.05, 0.1) is 11.5 Å². The van der Waals surface area contributed by atoms with Crippen molar-refractivity contribution in [2.24, 2.45) is 0 Å². The zero-order chi connectivity index (χ0) is 38.1. The van der Waals surface area contributed by atoms with E-state index in [1.54, 1.807) is 17.7 Å². The predicted octanol–water partition coefficient (Wildman–Crippen LogP) is 4.91. The van der Waals surface area contributed by atoms with E-state index in [0.717, 1.165) is 102 Å². The number of Topliss-reactive ketones (excluding diaryl/α,β-unsaturated/α-hetero) is 1. The third kappa shape index (κ3) is 7.90. The second-order valence-electron chi connectivity index (χ2n) is 15.7. The van der Waals surface area contributed by atoms with E-state index in [9.17, 15) is 19.2 Å². The number of fused-ring (bicyclic) bond motifs is 1. The van der Waals surface area contributed by atoms with E-state index in [4.69, 9.17) is 4.98 Å². The molecule has 3 saturated heterocycles. The first-order chi connectivity index (χ1) is 26.7. The van der Waals surface area contributed by atoms with Gasteiger partial charge in [-0.05, 0) is 87.3 Å². The van der Waals surface area contributed by atoms with Gasteiger partial charge in [-0.15, -0.1) is 0 Å². The highest BCUT2D eigenvalue weighted by Crippen LogP contribution is 2.32. The lowest BCUT2D eigenvalue weighted by atomic mass is 9.90. The topological polar surface area (TPSA) is 146 Å². The molecule has 8 rings (SSSR count). The zero-order valence-corrected chi connectivity index (χ0v) is 31.9. The molecule has 0 bridgehead atoms. The third-order valence-corrected chi connectivity index (χ3v) is 12.3. The number of hydrogen-bond acceptors (Lipinski definition) is 11. The molecule has 1 atom stereocenters. The maximum Gasteiger partial charge on any atom is 0.263 e. The maximum atomic E-state index is 13.5. The van der Waals surface area contributed by atoms with Gasteiger partial charge in [0.1, 0.15) is 11.5 Å². The average molecular weight is 746 g/mol. The molecule has 13 heteroatoms. The van der Waals surface area contributed by atoms with Crippen molar-refractivity contribution in [2.45, 2.75) is 89.6 Å². The van der Waals surface area contributed by atoms with Crippen LogP contribution in [-0.4, -0.2) is 98.8 Å². The number of carbonyl (C=O) groups is 3. The van der Waals surface area contributed by atoms with Crippen molar-refractivity contribution >= 4 is 46.1 Å². The quantitative estimate of drug-likeness (QED) is 0.169. The van der Waals surface area contributed by atoms with Crippen LogP contribution >= 0.6 is 0 Å². The molecule has 2 amide bonds. The van der Waals surface area contributed by atoms with Crippen molar-refractivity contribution in [1.29, 1.82) is 0 Å². The Morgan fingerprint density at radius 1 is 0.855 bits per heavy atom. The first-order valence-electron chi connectivity index (χ1n) is 20.0. The number of hydrogen-bond donors (Lipinski definition) is 2. The summed E-state index contributed by atoms with van der Waals surface area (Å²) in [6.07, 6.45) is 11.7. The van der Waals surface area contributed by atoms with Gasteiger partial charge < -0.3 is 15.1 Å². The smallest absolute Gasteiger partial charge is 0.263 e. The molecule has 3 aliphatic heterocycles. The number of ketones is 1. The summed E-state index contributed by atoms with van der Waals surface area (Å²) < 4.78 is 1.73. The van der Waals surface area contributed by atoms with Gasteiger partial charge in [-0.3, -0.25) is 34.0 Å². The molecule has 0 spiro atoms. The molecule has 1 saturated carbocycles. The number of aryl methyl sites for hydroxylation is 1. The van der Waals surface area contributed by atoms with Gasteiger partial charge in [-0.25, -0.2) is 9.97 Å². The molecular formula is C42H51N9O4. The zero-order valence-electron chi connectivity index (χ0n) is 31.9. The molecule has 288 valence electrons. The molecule has 0 radical (unpaired) electrons. The number of pyridine rings is 2. The first kappa shape index (κ1) is 36.9. The Morgan fingerprint density at radius 2 is 1.60 bits per heavy atom. The molecular weight excluding hydrogens is 695 g/mol. The van der Waals surface area contributed by atoms with Gasteiger partial charge in [-0.1, -0.05) is 31.0 Å². The van der Waals surface area contributed by atoms with E-state index in [1.807, 2.05) is 24.4 Å². The Balaban J connectivity index is 0.805. The number of piperazine rings is 1. The molecule has 4 fully saturated rings. The van der Waals surface area contributed by atoms with Gasteiger partial charge >= 0.3 is 0 Å². The molecule has 1 unspecified atom stereocenters. The molecule has 13 nitrogen and oxygen atoms in total. The molecule has 6 heterocycles. The summed E-state index contributed by atoms with van der Waals surface area (Å²) in [7, 11) is 0. The molecule has 3 aromatic heterocycles. The maximum absolute atomic E-state index is 13.5. The number of nitrogens with zero attached hydrogens (tertiary/aromatic N) is 7. The van der Waals surface area contributed by atoms with Crippen LogP contribution in [-0.2, 0) is 16.0 Å². The lowest BCUT2D eigenvalue weighted by molar-refractivity contribution is -0.134. The summed E-state index contributed by atoms with van der Waals surface area (Å²) in [5.74, 6) is 0.178. The summed E-state index contributed by atoms with van der Waals surface area (Å²) in [6.45, 7) is 10.6. The van der Waals surface area contributed by atoms with Crippen LogP contribution in [0.4, 0.5) is 17.5 Å². The SMILES string of the molecule is CC(=O)c1c(C)c2cnc(Nc3ccc(CCN4CCN(C5CCN(c6ccc(C7CCC(=O)NC7=O)cc6)CC5)CC4)cn3)nc2n(C2CCCC2)c1=O. The number of carbonyl (C=O) groups excluding carboxylic acids is 3. The molecule has 2 N–H and O–H groups in total.